The number of guanidine groups is 1. The highest BCUT2D eigenvalue weighted by molar-refractivity contribution is 5.93. The third-order valence-corrected chi connectivity index (χ3v) is 3.67. The van der Waals surface area contributed by atoms with Crippen LogP contribution in [0.4, 0.5) is 5.69 Å². The van der Waals surface area contributed by atoms with Crippen molar-refractivity contribution in [2.45, 2.75) is 39.8 Å². The Morgan fingerprint density at radius 1 is 1.21 bits per heavy atom. The Labute approximate surface area is 164 Å². The maximum atomic E-state index is 5.68. The van der Waals surface area contributed by atoms with Gasteiger partial charge in [0.1, 0.15) is 18.1 Å². The summed E-state index contributed by atoms with van der Waals surface area (Å²) in [4.78, 5) is 8.71. The van der Waals surface area contributed by atoms with E-state index in [4.69, 9.17) is 13.7 Å². The van der Waals surface area contributed by atoms with E-state index in [9.17, 15) is 0 Å². The summed E-state index contributed by atoms with van der Waals surface area (Å²) in [6.07, 6.45) is 2.55. The molecule has 2 aromatic heterocycles. The quantitative estimate of drug-likeness (QED) is 0.453. The summed E-state index contributed by atoms with van der Waals surface area (Å²) >= 11 is 0. The molecule has 8 nitrogen and oxygen atoms in total. The average Bonchev–Trinajstić information content (AvgIpc) is 3.32. The lowest BCUT2D eigenvalue weighted by Crippen LogP contribution is -2.32. The first-order valence-electron chi connectivity index (χ1n) is 9.22. The fourth-order valence-electron chi connectivity index (χ4n) is 2.48. The SMILES string of the molecule is Cc1noc(CN=C(NCCc2ccco2)Nc2ccc(OC(C)C)cc2)n1. The molecule has 0 bridgehead atoms. The maximum absolute atomic E-state index is 5.68. The lowest BCUT2D eigenvalue weighted by atomic mass is 10.3. The van der Waals surface area contributed by atoms with Crippen LogP contribution in [0.2, 0.25) is 0 Å². The van der Waals surface area contributed by atoms with Gasteiger partial charge in [-0.25, -0.2) is 4.99 Å². The molecule has 1 aromatic carbocycles. The van der Waals surface area contributed by atoms with Gasteiger partial charge in [-0.2, -0.15) is 4.98 Å². The van der Waals surface area contributed by atoms with Crippen LogP contribution in [0.3, 0.4) is 0 Å². The van der Waals surface area contributed by atoms with Crippen molar-refractivity contribution in [3.63, 3.8) is 0 Å². The molecular weight excluding hydrogens is 358 g/mol. The minimum atomic E-state index is 0.136. The van der Waals surface area contributed by atoms with Crippen LogP contribution in [0.5, 0.6) is 5.75 Å². The minimum absolute atomic E-state index is 0.136. The molecule has 0 saturated heterocycles. The number of nitrogens with one attached hydrogen (secondary N) is 2. The molecule has 3 aromatic rings. The Morgan fingerprint density at radius 2 is 2.04 bits per heavy atom. The third-order valence-electron chi connectivity index (χ3n) is 3.67. The van der Waals surface area contributed by atoms with Crippen LogP contribution in [-0.2, 0) is 13.0 Å². The number of aromatic nitrogens is 2. The van der Waals surface area contributed by atoms with Crippen molar-refractivity contribution in [1.29, 1.82) is 0 Å². The van der Waals surface area contributed by atoms with Crippen LogP contribution in [0.15, 0.2) is 56.6 Å². The van der Waals surface area contributed by atoms with Crippen molar-refractivity contribution in [2.75, 3.05) is 11.9 Å². The molecule has 0 aliphatic heterocycles. The van der Waals surface area contributed by atoms with Crippen LogP contribution in [-0.4, -0.2) is 28.7 Å². The molecule has 0 spiro atoms. The summed E-state index contributed by atoms with van der Waals surface area (Å²) in [5, 5.41) is 10.4. The summed E-state index contributed by atoms with van der Waals surface area (Å²) in [5.41, 5.74) is 0.891. The molecule has 0 unspecified atom stereocenters. The predicted molar refractivity (Wildman–Crippen MR) is 106 cm³/mol. The zero-order chi connectivity index (χ0) is 19.8. The topological polar surface area (TPSA) is 97.7 Å². The number of hydrogen-bond acceptors (Lipinski definition) is 6. The second-order valence-electron chi connectivity index (χ2n) is 6.47. The van der Waals surface area contributed by atoms with Gasteiger partial charge in [0.25, 0.3) is 0 Å². The van der Waals surface area contributed by atoms with Crippen molar-refractivity contribution in [3.05, 3.63) is 60.1 Å². The van der Waals surface area contributed by atoms with E-state index in [1.165, 1.54) is 0 Å². The highest BCUT2D eigenvalue weighted by Gasteiger charge is 2.06. The van der Waals surface area contributed by atoms with Gasteiger partial charge < -0.3 is 24.3 Å². The highest BCUT2D eigenvalue weighted by atomic mass is 16.5. The highest BCUT2D eigenvalue weighted by Crippen LogP contribution is 2.17. The summed E-state index contributed by atoms with van der Waals surface area (Å²) in [7, 11) is 0. The van der Waals surface area contributed by atoms with Crippen LogP contribution in [0, 0.1) is 6.92 Å². The normalized spacial score (nSPS) is 11.6. The first-order chi connectivity index (χ1) is 13.6. The van der Waals surface area contributed by atoms with E-state index in [1.807, 2.05) is 50.2 Å². The number of hydrogen-bond donors (Lipinski definition) is 2. The molecule has 2 N–H and O–H groups in total. The summed E-state index contributed by atoms with van der Waals surface area (Å²) in [6, 6.07) is 11.5. The number of rotatable bonds is 8. The molecule has 0 atom stereocenters. The summed E-state index contributed by atoms with van der Waals surface area (Å²) < 4.78 is 16.2. The van der Waals surface area contributed by atoms with Crippen LogP contribution in [0.25, 0.3) is 0 Å². The van der Waals surface area contributed by atoms with Crippen LogP contribution < -0.4 is 15.4 Å². The summed E-state index contributed by atoms with van der Waals surface area (Å²) in [5.74, 6) is 3.40. The van der Waals surface area contributed by atoms with Gasteiger partial charge in [-0.15, -0.1) is 0 Å². The van der Waals surface area contributed by atoms with Gasteiger partial charge in [0.05, 0.1) is 12.4 Å². The van der Waals surface area contributed by atoms with Crippen molar-refractivity contribution >= 4 is 11.6 Å². The van der Waals surface area contributed by atoms with E-state index in [0.717, 1.165) is 23.6 Å². The van der Waals surface area contributed by atoms with E-state index < -0.39 is 0 Å². The van der Waals surface area contributed by atoms with Crippen LogP contribution >= 0.6 is 0 Å². The second-order valence-corrected chi connectivity index (χ2v) is 6.47. The number of furan rings is 1. The van der Waals surface area contributed by atoms with Gasteiger partial charge in [0, 0.05) is 18.7 Å². The standard InChI is InChI=1S/C20H25N5O3/c1-14(2)27-18-8-6-16(7-9-18)24-20(21-11-10-17-5-4-12-26-17)22-13-19-23-15(3)25-28-19/h4-9,12,14H,10-11,13H2,1-3H3,(H2,21,22,24). The first kappa shape index (κ1) is 19.5. The van der Waals surface area contributed by atoms with Gasteiger partial charge in [0.15, 0.2) is 11.8 Å². The van der Waals surface area contributed by atoms with Crippen molar-refractivity contribution in [3.8, 4) is 5.75 Å². The molecule has 0 aliphatic rings. The first-order valence-corrected chi connectivity index (χ1v) is 9.22. The Hall–Kier alpha value is -3.29. The molecule has 0 aliphatic carbocycles. The van der Waals surface area contributed by atoms with Crippen molar-refractivity contribution in [1.82, 2.24) is 15.5 Å². The van der Waals surface area contributed by atoms with E-state index in [0.29, 0.717) is 24.2 Å². The van der Waals surface area contributed by atoms with Gasteiger partial charge in [-0.05, 0) is 57.2 Å². The Kier molecular flexibility index (Phi) is 6.67. The average molecular weight is 383 g/mol. The molecular formula is C20H25N5O3. The molecule has 0 saturated carbocycles. The molecule has 0 amide bonds. The number of ether oxygens (including phenoxy) is 1. The van der Waals surface area contributed by atoms with Crippen molar-refractivity contribution in [2.24, 2.45) is 4.99 Å². The smallest absolute Gasteiger partial charge is 0.248 e. The number of anilines is 1. The van der Waals surface area contributed by atoms with E-state index >= 15 is 0 Å². The fraction of sp³-hybridized carbons (Fsp3) is 0.350. The molecule has 8 heteroatoms. The third kappa shape index (κ3) is 6.15. The molecule has 3 rings (SSSR count). The molecule has 2 heterocycles. The van der Waals surface area contributed by atoms with Crippen LogP contribution in [0.1, 0.15) is 31.3 Å². The maximum Gasteiger partial charge on any atom is 0.248 e. The predicted octanol–water partition coefficient (Wildman–Crippen LogP) is 3.56. The Bertz CT molecular complexity index is 870. The number of aryl methyl sites for hydroxylation is 1. The zero-order valence-electron chi connectivity index (χ0n) is 16.3. The monoisotopic (exact) mass is 383 g/mol. The van der Waals surface area contributed by atoms with Gasteiger partial charge in [-0.1, -0.05) is 5.16 Å². The van der Waals surface area contributed by atoms with Gasteiger partial charge >= 0.3 is 0 Å². The van der Waals surface area contributed by atoms with E-state index in [-0.39, 0.29) is 12.6 Å². The molecule has 0 fully saturated rings. The molecule has 28 heavy (non-hydrogen) atoms. The number of aliphatic imine (C=N–C) groups is 1. The lowest BCUT2D eigenvalue weighted by molar-refractivity contribution is 0.242. The van der Waals surface area contributed by atoms with E-state index in [2.05, 4.69) is 25.8 Å². The number of nitrogens with zero attached hydrogens (tertiary/aromatic N) is 3. The van der Waals surface area contributed by atoms with E-state index in [1.54, 1.807) is 13.2 Å². The Morgan fingerprint density at radius 3 is 2.68 bits per heavy atom. The fourth-order valence-corrected chi connectivity index (χ4v) is 2.48. The lowest BCUT2D eigenvalue weighted by Gasteiger charge is -2.13. The van der Waals surface area contributed by atoms with Gasteiger partial charge in [-0.3, -0.25) is 0 Å². The van der Waals surface area contributed by atoms with Crippen molar-refractivity contribution < 1.29 is 13.7 Å². The largest absolute Gasteiger partial charge is 0.491 e. The molecule has 148 valence electrons. The Balaban J connectivity index is 1.63. The second kappa shape index (κ2) is 9.59. The van der Waals surface area contributed by atoms with Gasteiger partial charge in [0.2, 0.25) is 5.89 Å². The molecule has 0 radical (unpaired) electrons. The number of benzene rings is 1. The zero-order valence-corrected chi connectivity index (χ0v) is 16.3. The summed E-state index contributed by atoms with van der Waals surface area (Å²) in [6.45, 7) is 6.72. The minimum Gasteiger partial charge on any atom is -0.491 e.